The van der Waals surface area contributed by atoms with Gasteiger partial charge < -0.3 is 4.90 Å². The predicted octanol–water partition coefficient (Wildman–Crippen LogP) is 6.48. The average molecular weight is 486 g/mol. The first-order valence-electron chi connectivity index (χ1n) is 12.6. The third-order valence-electron chi connectivity index (χ3n) is 6.59. The summed E-state index contributed by atoms with van der Waals surface area (Å²) in [7, 11) is 0. The van der Waals surface area contributed by atoms with E-state index in [2.05, 4.69) is 6.92 Å². The van der Waals surface area contributed by atoms with Gasteiger partial charge in [-0.25, -0.2) is 9.37 Å². The lowest BCUT2D eigenvalue weighted by atomic mass is 10.1. The van der Waals surface area contributed by atoms with Crippen LogP contribution in [0.4, 0.5) is 4.39 Å². The van der Waals surface area contributed by atoms with E-state index in [9.17, 15) is 14.0 Å². The van der Waals surface area contributed by atoms with Crippen LogP contribution in [-0.4, -0.2) is 26.9 Å². The van der Waals surface area contributed by atoms with Crippen molar-refractivity contribution < 1.29 is 9.18 Å². The molecular formula is C30H32FN3O2. The monoisotopic (exact) mass is 485 g/mol. The molecular weight excluding hydrogens is 453 g/mol. The van der Waals surface area contributed by atoms with Gasteiger partial charge >= 0.3 is 0 Å². The summed E-state index contributed by atoms with van der Waals surface area (Å²) < 4.78 is 15.6. The lowest BCUT2D eigenvalue weighted by Crippen LogP contribution is -2.38. The molecule has 0 fully saturated rings. The van der Waals surface area contributed by atoms with Crippen LogP contribution in [-0.2, 0) is 6.42 Å². The van der Waals surface area contributed by atoms with Crippen molar-refractivity contribution in [1.82, 2.24) is 14.5 Å². The second-order valence-electron chi connectivity index (χ2n) is 9.00. The summed E-state index contributed by atoms with van der Waals surface area (Å²) in [5.41, 5.74) is 2.47. The molecule has 0 aliphatic heterocycles. The Kier molecular flexibility index (Phi) is 7.93. The number of rotatable bonds is 9. The van der Waals surface area contributed by atoms with Gasteiger partial charge in [-0.1, -0.05) is 63.1 Å². The number of halogens is 1. The van der Waals surface area contributed by atoms with Crippen LogP contribution in [0.25, 0.3) is 16.6 Å². The number of para-hydroxylation sites is 2. The lowest BCUT2D eigenvalue weighted by molar-refractivity contribution is 0.0676. The molecule has 4 aromatic rings. The average Bonchev–Trinajstić information content (AvgIpc) is 2.90. The van der Waals surface area contributed by atoms with Gasteiger partial charge in [0.1, 0.15) is 11.6 Å². The van der Waals surface area contributed by atoms with Gasteiger partial charge in [-0.3, -0.25) is 14.2 Å². The number of hydrogen-bond donors (Lipinski definition) is 0. The maximum absolute atomic E-state index is 14.0. The van der Waals surface area contributed by atoms with E-state index in [0.717, 1.165) is 36.9 Å². The van der Waals surface area contributed by atoms with E-state index in [1.807, 2.05) is 56.3 Å². The van der Waals surface area contributed by atoms with Crippen molar-refractivity contribution >= 4 is 16.8 Å². The summed E-state index contributed by atoms with van der Waals surface area (Å²) in [4.78, 5) is 34.2. The molecule has 1 unspecified atom stereocenters. The summed E-state index contributed by atoms with van der Waals surface area (Å²) >= 11 is 0. The minimum absolute atomic E-state index is 0.171. The number of hydrogen-bond acceptors (Lipinski definition) is 3. The van der Waals surface area contributed by atoms with Gasteiger partial charge in [-0.15, -0.1) is 0 Å². The zero-order valence-corrected chi connectivity index (χ0v) is 21.1. The van der Waals surface area contributed by atoms with Gasteiger partial charge in [0.2, 0.25) is 0 Å². The van der Waals surface area contributed by atoms with Crippen LogP contribution in [0.2, 0.25) is 0 Å². The molecule has 1 atom stereocenters. The molecule has 1 heterocycles. The Morgan fingerprint density at radius 3 is 2.50 bits per heavy atom. The van der Waals surface area contributed by atoms with Crippen molar-refractivity contribution in [3.05, 3.63) is 106 Å². The molecule has 1 aromatic heterocycles. The van der Waals surface area contributed by atoms with Crippen molar-refractivity contribution in [2.24, 2.45) is 0 Å². The zero-order valence-electron chi connectivity index (χ0n) is 21.1. The van der Waals surface area contributed by atoms with Crippen LogP contribution in [0.15, 0.2) is 77.6 Å². The van der Waals surface area contributed by atoms with Crippen molar-refractivity contribution in [3.8, 4) is 5.69 Å². The fourth-order valence-corrected chi connectivity index (χ4v) is 4.62. The smallest absolute Gasteiger partial charge is 0.266 e. The normalized spacial score (nSPS) is 12.0. The first-order valence-corrected chi connectivity index (χ1v) is 12.6. The molecule has 0 bridgehead atoms. The zero-order chi connectivity index (χ0) is 25.7. The highest BCUT2D eigenvalue weighted by molar-refractivity contribution is 5.94. The molecule has 3 aromatic carbocycles. The van der Waals surface area contributed by atoms with Crippen molar-refractivity contribution in [3.63, 3.8) is 0 Å². The minimum atomic E-state index is -0.528. The molecule has 1 amide bonds. The SMILES string of the molecule is CCCCCN(C(=O)c1cccc(F)c1)C(C)c1nc2ccccc2c(=O)n1-c1ccccc1CC. The summed E-state index contributed by atoms with van der Waals surface area (Å²) in [6, 6.07) is 20.3. The quantitative estimate of drug-likeness (QED) is 0.255. The molecule has 186 valence electrons. The van der Waals surface area contributed by atoms with Gasteiger partial charge in [0.15, 0.2) is 0 Å². The molecule has 6 heteroatoms. The van der Waals surface area contributed by atoms with E-state index in [-0.39, 0.29) is 17.0 Å². The second kappa shape index (κ2) is 11.3. The minimum Gasteiger partial charge on any atom is -0.329 e. The molecule has 4 rings (SSSR count). The van der Waals surface area contributed by atoms with Gasteiger partial charge in [0, 0.05) is 12.1 Å². The van der Waals surface area contributed by atoms with Gasteiger partial charge in [0.25, 0.3) is 11.5 Å². The highest BCUT2D eigenvalue weighted by Gasteiger charge is 2.28. The van der Waals surface area contributed by atoms with Crippen LogP contribution in [0.5, 0.6) is 0 Å². The van der Waals surface area contributed by atoms with E-state index < -0.39 is 11.9 Å². The largest absolute Gasteiger partial charge is 0.329 e. The fraction of sp³-hybridized carbons (Fsp3) is 0.300. The summed E-state index contributed by atoms with van der Waals surface area (Å²) in [5, 5.41) is 0.522. The number of aryl methyl sites for hydroxylation is 1. The Morgan fingerprint density at radius 1 is 1.00 bits per heavy atom. The third-order valence-corrected chi connectivity index (χ3v) is 6.59. The Bertz CT molecular complexity index is 1430. The van der Waals surface area contributed by atoms with E-state index in [4.69, 9.17) is 4.98 Å². The maximum Gasteiger partial charge on any atom is 0.266 e. The highest BCUT2D eigenvalue weighted by atomic mass is 19.1. The summed E-state index contributed by atoms with van der Waals surface area (Å²) in [6.45, 7) is 6.52. The van der Waals surface area contributed by atoms with Crippen LogP contribution in [0, 0.1) is 5.82 Å². The number of carbonyl (C=O) groups excluding carboxylic acids is 1. The Balaban J connectivity index is 1.92. The number of amides is 1. The van der Waals surface area contributed by atoms with Crippen LogP contribution < -0.4 is 5.56 Å². The predicted molar refractivity (Wildman–Crippen MR) is 142 cm³/mol. The van der Waals surface area contributed by atoms with Crippen LogP contribution >= 0.6 is 0 Å². The van der Waals surface area contributed by atoms with Gasteiger partial charge in [-0.05, 0) is 61.7 Å². The molecule has 0 saturated heterocycles. The molecule has 0 radical (unpaired) electrons. The standard InChI is InChI=1S/C30H32FN3O2/c1-4-6-11-19-33(29(35)23-14-12-15-24(31)20-23)21(3)28-32-26-17-9-8-16-25(26)30(36)34(28)27-18-10-7-13-22(27)5-2/h7-10,12-18,20-21H,4-6,11,19H2,1-3H3. The first-order chi connectivity index (χ1) is 17.5. The van der Waals surface area contributed by atoms with Gasteiger partial charge in [0.05, 0.1) is 22.6 Å². The maximum atomic E-state index is 14.0. The van der Waals surface area contributed by atoms with Crippen LogP contribution in [0.1, 0.15) is 67.8 Å². The first kappa shape index (κ1) is 25.3. The number of nitrogens with zero attached hydrogens (tertiary/aromatic N) is 3. The number of fused-ring (bicyclic) bond motifs is 1. The third kappa shape index (κ3) is 5.08. The number of aromatic nitrogens is 2. The van der Waals surface area contributed by atoms with E-state index in [1.165, 1.54) is 12.1 Å². The summed E-state index contributed by atoms with van der Waals surface area (Å²) in [5.74, 6) is -0.253. The van der Waals surface area contributed by atoms with E-state index in [1.54, 1.807) is 27.7 Å². The molecule has 0 aliphatic carbocycles. The molecule has 0 spiro atoms. The van der Waals surface area contributed by atoms with Gasteiger partial charge in [-0.2, -0.15) is 0 Å². The lowest BCUT2D eigenvalue weighted by Gasteiger charge is -2.31. The molecule has 0 N–H and O–H groups in total. The molecule has 0 aliphatic rings. The number of carbonyl (C=O) groups is 1. The van der Waals surface area contributed by atoms with Crippen molar-refractivity contribution in [2.45, 2.75) is 52.5 Å². The molecule has 0 saturated carbocycles. The fourth-order valence-electron chi connectivity index (χ4n) is 4.62. The molecule has 36 heavy (non-hydrogen) atoms. The van der Waals surface area contributed by atoms with Crippen molar-refractivity contribution in [2.75, 3.05) is 6.54 Å². The Hall–Kier alpha value is -3.80. The van der Waals surface area contributed by atoms with E-state index in [0.29, 0.717) is 23.3 Å². The summed E-state index contributed by atoms with van der Waals surface area (Å²) in [6.07, 6.45) is 3.49. The van der Waals surface area contributed by atoms with Crippen molar-refractivity contribution in [1.29, 1.82) is 0 Å². The Morgan fingerprint density at radius 2 is 1.75 bits per heavy atom. The number of benzene rings is 3. The molecule has 5 nitrogen and oxygen atoms in total. The van der Waals surface area contributed by atoms with E-state index >= 15 is 0 Å². The Labute approximate surface area is 211 Å². The topological polar surface area (TPSA) is 55.2 Å². The number of unbranched alkanes of at least 4 members (excludes halogenated alkanes) is 2. The second-order valence-corrected chi connectivity index (χ2v) is 9.00. The highest BCUT2D eigenvalue weighted by Crippen LogP contribution is 2.26. The van der Waals surface area contributed by atoms with Crippen LogP contribution in [0.3, 0.4) is 0 Å².